The lowest BCUT2D eigenvalue weighted by Gasteiger charge is -2.21. The zero-order valence-electron chi connectivity index (χ0n) is 24.2. The van der Waals surface area contributed by atoms with Crippen molar-refractivity contribution in [3.8, 4) is 52.4 Å². The quantitative estimate of drug-likeness (QED) is 0.107. The normalized spacial score (nSPS) is 10.8. The molecule has 0 aliphatic heterocycles. The maximum Gasteiger partial charge on any atom is 0.432 e. The molecule has 1 nitrogen and oxygen atoms in total. The van der Waals surface area contributed by atoms with E-state index < -0.39 is 68.9 Å². The molecule has 10 heteroatoms. The summed E-state index contributed by atoms with van der Waals surface area (Å²) >= 11 is 0. The maximum absolute atomic E-state index is 15.3. The van der Waals surface area contributed by atoms with Crippen LogP contribution in [0.5, 0.6) is 5.75 Å². The molecular formula is C37H17F9O. The predicted molar refractivity (Wildman–Crippen MR) is 158 cm³/mol. The summed E-state index contributed by atoms with van der Waals surface area (Å²) in [4.78, 5) is 0. The van der Waals surface area contributed by atoms with Gasteiger partial charge in [0, 0.05) is 34.4 Å². The minimum absolute atomic E-state index is 0.0436. The molecule has 0 aliphatic carbocycles. The van der Waals surface area contributed by atoms with Gasteiger partial charge in [0.1, 0.15) is 34.6 Å². The monoisotopic (exact) mass is 648 g/mol. The summed E-state index contributed by atoms with van der Waals surface area (Å²) in [5, 5.41) is -1.62. The molecule has 0 aliphatic rings. The van der Waals surface area contributed by atoms with Gasteiger partial charge in [0.25, 0.3) is 0 Å². The number of hydrogen-bond acceptors (Lipinski definition) is 1. The van der Waals surface area contributed by atoms with Gasteiger partial charge in [0.15, 0.2) is 17.5 Å². The molecule has 0 spiro atoms. The van der Waals surface area contributed by atoms with Crippen LogP contribution in [0.1, 0.15) is 34.7 Å². The van der Waals surface area contributed by atoms with Crippen LogP contribution in [0.25, 0.3) is 21.9 Å². The summed E-state index contributed by atoms with van der Waals surface area (Å²) in [5.74, 6) is 3.27. The Balaban J connectivity index is 1.48. The molecule has 5 aromatic rings. The van der Waals surface area contributed by atoms with Crippen LogP contribution >= 0.6 is 0 Å². The van der Waals surface area contributed by atoms with Gasteiger partial charge < -0.3 is 4.74 Å². The number of ether oxygens (including phenoxy) is 1. The van der Waals surface area contributed by atoms with Gasteiger partial charge in [0.2, 0.25) is 0 Å². The highest BCUT2D eigenvalue weighted by atomic mass is 19.3. The predicted octanol–water partition coefficient (Wildman–Crippen LogP) is 9.69. The highest BCUT2D eigenvalue weighted by Crippen LogP contribution is 2.40. The number of benzene rings is 5. The molecular weight excluding hydrogens is 631 g/mol. The minimum Gasteiger partial charge on any atom is -0.429 e. The Kier molecular flexibility index (Phi) is 8.95. The molecule has 5 aromatic carbocycles. The largest absolute Gasteiger partial charge is 0.432 e. The van der Waals surface area contributed by atoms with Gasteiger partial charge >= 0.3 is 6.11 Å². The number of alkyl halides is 2. The van der Waals surface area contributed by atoms with Crippen molar-refractivity contribution in [2.45, 2.75) is 20.0 Å². The molecule has 0 saturated heterocycles. The van der Waals surface area contributed by atoms with E-state index in [2.05, 4.69) is 40.3 Å². The van der Waals surface area contributed by atoms with Crippen molar-refractivity contribution < 1.29 is 44.3 Å². The molecule has 47 heavy (non-hydrogen) atoms. The second-order valence-electron chi connectivity index (χ2n) is 10.0. The number of fused-ring (bicyclic) bond motifs is 1. The van der Waals surface area contributed by atoms with Gasteiger partial charge in [-0.25, -0.2) is 30.7 Å². The van der Waals surface area contributed by atoms with Crippen LogP contribution in [0.3, 0.4) is 0 Å². The summed E-state index contributed by atoms with van der Waals surface area (Å²) in [6.07, 6.45) is -4.93. The second kappa shape index (κ2) is 12.9. The Bertz CT molecular complexity index is 2230. The molecule has 0 fully saturated rings. The van der Waals surface area contributed by atoms with Crippen molar-refractivity contribution in [2.75, 3.05) is 0 Å². The number of hydrogen-bond donors (Lipinski definition) is 0. The first-order chi connectivity index (χ1) is 22.3. The van der Waals surface area contributed by atoms with E-state index in [9.17, 15) is 26.3 Å². The van der Waals surface area contributed by atoms with Crippen LogP contribution in [-0.4, -0.2) is 0 Å². The van der Waals surface area contributed by atoms with Gasteiger partial charge in [-0.15, -0.1) is 0 Å². The zero-order valence-corrected chi connectivity index (χ0v) is 24.2. The summed E-state index contributed by atoms with van der Waals surface area (Å²) in [6, 6.07) is 11.5. The van der Waals surface area contributed by atoms with E-state index in [-0.39, 0.29) is 23.3 Å². The Morgan fingerprint density at radius 1 is 0.617 bits per heavy atom. The number of halogens is 9. The molecule has 0 N–H and O–H groups in total. The molecule has 0 saturated carbocycles. The van der Waals surface area contributed by atoms with E-state index >= 15 is 13.2 Å². The average Bonchev–Trinajstić information content (AvgIpc) is 3.00. The highest BCUT2D eigenvalue weighted by Gasteiger charge is 2.42. The van der Waals surface area contributed by atoms with Crippen molar-refractivity contribution in [1.82, 2.24) is 0 Å². The second-order valence-corrected chi connectivity index (χ2v) is 10.0. The summed E-state index contributed by atoms with van der Waals surface area (Å²) in [6.45, 7) is 3.29. The summed E-state index contributed by atoms with van der Waals surface area (Å²) in [5.41, 5.74) is -0.261. The van der Waals surface area contributed by atoms with Gasteiger partial charge in [-0.3, -0.25) is 0 Å². The molecule has 0 unspecified atom stereocenters. The molecule has 0 aromatic heterocycles. The van der Waals surface area contributed by atoms with E-state index in [1.807, 2.05) is 0 Å². The molecule has 0 bridgehead atoms. The molecule has 5 rings (SSSR count). The Morgan fingerprint density at radius 2 is 1.26 bits per heavy atom. The third-order valence-electron chi connectivity index (χ3n) is 6.82. The van der Waals surface area contributed by atoms with Gasteiger partial charge in [0.05, 0.1) is 5.39 Å². The van der Waals surface area contributed by atoms with E-state index in [1.54, 1.807) is 38.1 Å². The van der Waals surface area contributed by atoms with Crippen LogP contribution in [0, 0.1) is 83.2 Å². The fraction of sp³-hybridized carbons (Fsp3) is 0.0811. The van der Waals surface area contributed by atoms with E-state index in [0.29, 0.717) is 28.8 Å². The number of rotatable bonds is 4. The third-order valence-corrected chi connectivity index (χ3v) is 6.82. The Labute approximate surface area is 262 Å². The van der Waals surface area contributed by atoms with Crippen molar-refractivity contribution in [2.24, 2.45) is 0 Å². The molecule has 0 amide bonds. The Morgan fingerprint density at radius 3 is 1.89 bits per heavy atom. The smallest absolute Gasteiger partial charge is 0.429 e. The maximum atomic E-state index is 15.3. The van der Waals surface area contributed by atoms with Crippen molar-refractivity contribution in [3.63, 3.8) is 0 Å². The van der Waals surface area contributed by atoms with Gasteiger partial charge in [-0.05, 0) is 96.8 Å². The lowest BCUT2D eigenvalue weighted by Crippen LogP contribution is -2.25. The average molecular weight is 649 g/mol. The van der Waals surface area contributed by atoms with Crippen molar-refractivity contribution in [3.05, 3.63) is 135 Å². The van der Waals surface area contributed by atoms with E-state index in [1.165, 1.54) is 6.07 Å². The van der Waals surface area contributed by atoms with Gasteiger partial charge in [-0.2, -0.15) is 8.78 Å². The molecule has 234 valence electrons. The van der Waals surface area contributed by atoms with E-state index in [0.717, 1.165) is 17.7 Å². The lowest BCUT2D eigenvalue weighted by molar-refractivity contribution is -0.189. The lowest BCUT2D eigenvalue weighted by atomic mass is 9.95. The van der Waals surface area contributed by atoms with Gasteiger partial charge in [-0.1, -0.05) is 23.7 Å². The zero-order chi connectivity index (χ0) is 34.0. The van der Waals surface area contributed by atoms with Crippen LogP contribution in [0.4, 0.5) is 39.5 Å². The third kappa shape index (κ3) is 6.76. The first kappa shape index (κ1) is 32.6. The molecule has 0 atom stereocenters. The topological polar surface area (TPSA) is 9.23 Å². The van der Waals surface area contributed by atoms with Crippen LogP contribution in [0.15, 0.2) is 66.7 Å². The van der Waals surface area contributed by atoms with Crippen molar-refractivity contribution in [1.29, 1.82) is 0 Å². The molecule has 0 radical (unpaired) electrons. The fourth-order valence-electron chi connectivity index (χ4n) is 4.60. The minimum atomic E-state index is -4.93. The van der Waals surface area contributed by atoms with Crippen LogP contribution < -0.4 is 4.74 Å². The highest BCUT2D eigenvalue weighted by molar-refractivity contribution is 5.89. The molecule has 0 heterocycles. The van der Waals surface area contributed by atoms with E-state index in [4.69, 9.17) is 0 Å². The van der Waals surface area contributed by atoms with Crippen LogP contribution in [-0.2, 0) is 6.11 Å². The Hall–Kier alpha value is -5.79. The summed E-state index contributed by atoms with van der Waals surface area (Å²) in [7, 11) is 0. The van der Waals surface area contributed by atoms with Crippen LogP contribution in [0.2, 0.25) is 0 Å². The first-order valence-corrected chi connectivity index (χ1v) is 13.5. The summed E-state index contributed by atoms with van der Waals surface area (Å²) < 4.78 is 135. The number of aryl methyl sites for hydroxylation is 1. The fourth-order valence-corrected chi connectivity index (χ4v) is 4.60. The van der Waals surface area contributed by atoms with Crippen molar-refractivity contribution >= 4 is 10.8 Å². The SMILES string of the molecule is CC#CC#Cc1ccc(C#Cc2cc(F)c(-c3cc(F)c4c(F)c(C(F)(F)Oc5cc(F)c(F)c(F)c5)c(F)cc4c3)cc2C)cc1. The standard InChI is InChI=1S/C37H17F9O/c1-3-4-5-6-21-7-9-22(10-8-21)11-12-23-15-28(38)27(13-20(23)2)24-14-25-17-30(40)34(36(44)33(25)29(39)16-24)37(45,46)47-26-18-31(41)35(43)32(42)19-26/h7-10,13-19H,1-2H3. The first-order valence-electron chi connectivity index (χ1n) is 13.5.